The van der Waals surface area contributed by atoms with Crippen LogP contribution in [0.4, 0.5) is 0 Å². The van der Waals surface area contributed by atoms with Crippen LogP contribution in [0.15, 0.2) is 36.4 Å². The van der Waals surface area contributed by atoms with Crippen molar-refractivity contribution < 1.29 is 4.79 Å². The smallest absolute Gasteiger partial charge is 0.270 e. The molecule has 0 saturated heterocycles. The highest BCUT2D eigenvalue weighted by atomic mass is 35.5. The Balaban J connectivity index is 2.12. The highest BCUT2D eigenvalue weighted by molar-refractivity contribution is 6.30. The number of aromatic nitrogens is 3. The first kappa shape index (κ1) is 19.3. The van der Waals surface area contributed by atoms with Gasteiger partial charge in [0.2, 0.25) is 0 Å². The molecule has 0 spiro atoms. The van der Waals surface area contributed by atoms with Crippen LogP contribution in [0.2, 0.25) is 5.02 Å². The van der Waals surface area contributed by atoms with Crippen molar-refractivity contribution in [3.8, 4) is 11.3 Å². The monoisotopic (exact) mass is 385 g/mol. The number of rotatable bonds is 5. The van der Waals surface area contributed by atoms with E-state index in [0.717, 1.165) is 17.7 Å². The topological polar surface area (TPSA) is 85.3 Å². The summed E-state index contributed by atoms with van der Waals surface area (Å²) in [4.78, 5) is 17.5. The van der Waals surface area contributed by atoms with E-state index >= 15 is 0 Å². The van der Waals surface area contributed by atoms with Crippen molar-refractivity contribution in [2.75, 3.05) is 13.1 Å². The van der Waals surface area contributed by atoms with Crippen LogP contribution in [0.5, 0.6) is 0 Å². The van der Waals surface area contributed by atoms with Crippen molar-refractivity contribution in [3.63, 3.8) is 0 Å². The van der Waals surface area contributed by atoms with Gasteiger partial charge in [-0.3, -0.25) is 4.79 Å². The van der Waals surface area contributed by atoms with Gasteiger partial charge in [0.15, 0.2) is 5.65 Å². The molecular weight excluding hydrogens is 362 g/mol. The zero-order chi connectivity index (χ0) is 19.6. The summed E-state index contributed by atoms with van der Waals surface area (Å²) in [5.41, 5.74) is 8.90. The van der Waals surface area contributed by atoms with Crippen LogP contribution in [0, 0.1) is 0 Å². The molecule has 2 heterocycles. The van der Waals surface area contributed by atoms with Gasteiger partial charge in [-0.25, -0.2) is 9.50 Å². The Morgan fingerprint density at radius 2 is 1.93 bits per heavy atom. The zero-order valence-corrected chi connectivity index (χ0v) is 16.5. The van der Waals surface area contributed by atoms with E-state index in [0.29, 0.717) is 35.1 Å². The Bertz CT molecular complexity index is 957. The van der Waals surface area contributed by atoms with Crippen LogP contribution >= 0.6 is 11.6 Å². The number of nitrogens with two attached hydrogens (primary N) is 1. The van der Waals surface area contributed by atoms with Crippen molar-refractivity contribution in [2.24, 2.45) is 5.73 Å². The summed E-state index contributed by atoms with van der Waals surface area (Å²) in [5.74, 6) is -0.199. The van der Waals surface area contributed by atoms with Gasteiger partial charge in [-0.05, 0) is 31.2 Å². The number of carbonyl (C=O) groups is 1. The van der Waals surface area contributed by atoms with E-state index in [4.69, 9.17) is 22.3 Å². The lowest BCUT2D eigenvalue weighted by atomic mass is 9.93. The molecule has 0 fully saturated rings. The summed E-state index contributed by atoms with van der Waals surface area (Å²) in [5, 5.41) is 8.18. The van der Waals surface area contributed by atoms with Gasteiger partial charge >= 0.3 is 0 Å². The Morgan fingerprint density at radius 3 is 2.56 bits per heavy atom. The first-order chi connectivity index (χ1) is 12.8. The number of amides is 1. The van der Waals surface area contributed by atoms with Gasteiger partial charge in [0.05, 0.1) is 11.4 Å². The fourth-order valence-corrected chi connectivity index (χ4v) is 2.79. The van der Waals surface area contributed by atoms with Crippen molar-refractivity contribution >= 4 is 23.2 Å². The molecule has 3 rings (SSSR count). The molecule has 27 heavy (non-hydrogen) atoms. The third-order valence-electron chi connectivity index (χ3n) is 4.23. The average Bonchev–Trinajstić information content (AvgIpc) is 3.06. The Labute approximate surface area is 163 Å². The fraction of sp³-hybridized carbons (Fsp3) is 0.350. The quantitative estimate of drug-likeness (QED) is 0.659. The van der Waals surface area contributed by atoms with Gasteiger partial charge in [0, 0.05) is 28.6 Å². The summed E-state index contributed by atoms with van der Waals surface area (Å²) in [7, 11) is 0. The second-order valence-corrected chi connectivity index (χ2v) is 7.92. The minimum atomic E-state index is -0.199. The molecule has 1 amide bonds. The molecular formula is C20H24ClN5O. The lowest BCUT2D eigenvalue weighted by Gasteiger charge is -2.13. The second-order valence-electron chi connectivity index (χ2n) is 7.48. The van der Waals surface area contributed by atoms with Crippen molar-refractivity contribution in [2.45, 2.75) is 32.6 Å². The summed E-state index contributed by atoms with van der Waals surface area (Å²) in [6.07, 6.45) is 0.719. The van der Waals surface area contributed by atoms with Crippen LogP contribution in [0.25, 0.3) is 16.9 Å². The lowest BCUT2D eigenvalue weighted by Crippen LogP contribution is -2.28. The van der Waals surface area contributed by atoms with Gasteiger partial charge in [-0.2, -0.15) is 5.10 Å². The second kappa shape index (κ2) is 7.66. The maximum Gasteiger partial charge on any atom is 0.270 e. The number of benzene rings is 1. The van der Waals surface area contributed by atoms with E-state index in [1.807, 2.05) is 18.2 Å². The molecule has 0 atom stereocenters. The first-order valence-corrected chi connectivity index (χ1v) is 9.33. The number of hydrogen-bond acceptors (Lipinski definition) is 4. The third-order valence-corrected chi connectivity index (χ3v) is 4.49. The maximum absolute atomic E-state index is 12.8. The SMILES string of the molecule is CC(C)(C)c1cc2nc(-c3ccc(Cl)cc3)cc(C(=O)NCCCN)n2n1. The summed E-state index contributed by atoms with van der Waals surface area (Å²) >= 11 is 5.99. The Morgan fingerprint density at radius 1 is 1.22 bits per heavy atom. The standard InChI is InChI=1S/C20H24ClN5O/c1-20(2,3)17-12-18-24-15(13-5-7-14(21)8-6-13)11-16(26(18)25-17)19(27)23-10-4-9-22/h5-8,11-12H,4,9-10,22H2,1-3H3,(H,23,27). The van der Waals surface area contributed by atoms with Crippen LogP contribution in [0.1, 0.15) is 43.4 Å². The number of nitrogens with zero attached hydrogens (tertiary/aromatic N) is 3. The van der Waals surface area contributed by atoms with Gasteiger partial charge in [0.25, 0.3) is 5.91 Å². The van der Waals surface area contributed by atoms with E-state index < -0.39 is 0 Å². The number of carbonyl (C=O) groups excluding carboxylic acids is 1. The number of nitrogens with one attached hydrogen (secondary N) is 1. The molecule has 0 aliphatic carbocycles. The minimum Gasteiger partial charge on any atom is -0.351 e. The molecule has 0 unspecified atom stereocenters. The predicted molar refractivity (Wildman–Crippen MR) is 108 cm³/mol. The lowest BCUT2D eigenvalue weighted by molar-refractivity contribution is 0.0946. The molecule has 7 heteroatoms. The van der Waals surface area contributed by atoms with E-state index in [1.54, 1.807) is 22.7 Å². The van der Waals surface area contributed by atoms with Gasteiger partial charge < -0.3 is 11.1 Å². The van der Waals surface area contributed by atoms with Crippen molar-refractivity contribution in [3.05, 3.63) is 52.8 Å². The highest BCUT2D eigenvalue weighted by Gasteiger charge is 2.22. The molecule has 142 valence electrons. The number of hydrogen-bond donors (Lipinski definition) is 2. The maximum atomic E-state index is 12.8. The molecule has 0 radical (unpaired) electrons. The van der Waals surface area contributed by atoms with E-state index in [9.17, 15) is 4.79 Å². The van der Waals surface area contributed by atoms with E-state index in [2.05, 4.69) is 31.2 Å². The van der Waals surface area contributed by atoms with Crippen molar-refractivity contribution in [1.82, 2.24) is 19.9 Å². The number of fused-ring (bicyclic) bond motifs is 1. The molecule has 6 nitrogen and oxygen atoms in total. The van der Waals surface area contributed by atoms with Crippen LogP contribution in [-0.4, -0.2) is 33.6 Å². The van der Waals surface area contributed by atoms with Gasteiger partial charge in [-0.1, -0.05) is 44.5 Å². The average molecular weight is 386 g/mol. The third kappa shape index (κ3) is 4.28. The molecule has 0 bridgehead atoms. The highest BCUT2D eigenvalue weighted by Crippen LogP contribution is 2.25. The molecule has 3 aromatic rings. The van der Waals surface area contributed by atoms with Gasteiger partial charge in [0.1, 0.15) is 5.69 Å². The summed E-state index contributed by atoms with van der Waals surface area (Å²) in [6, 6.07) is 11.1. The largest absolute Gasteiger partial charge is 0.351 e. The Kier molecular flexibility index (Phi) is 5.48. The first-order valence-electron chi connectivity index (χ1n) is 8.95. The van der Waals surface area contributed by atoms with Crippen LogP contribution in [0.3, 0.4) is 0 Å². The molecule has 2 aromatic heterocycles. The van der Waals surface area contributed by atoms with E-state index in [-0.39, 0.29) is 11.3 Å². The van der Waals surface area contributed by atoms with Crippen LogP contribution in [-0.2, 0) is 5.41 Å². The summed E-state index contributed by atoms with van der Waals surface area (Å²) < 4.78 is 1.61. The Hall–Kier alpha value is -2.44. The van der Waals surface area contributed by atoms with Crippen molar-refractivity contribution in [1.29, 1.82) is 0 Å². The molecule has 0 aliphatic heterocycles. The molecule has 3 N–H and O–H groups in total. The van der Waals surface area contributed by atoms with Crippen LogP contribution < -0.4 is 11.1 Å². The van der Waals surface area contributed by atoms with E-state index in [1.165, 1.54) is 0 Å². The normalized spacial score (nSPS) is 11.7. The molecule has 0 saturated carbocycles. The zero-order valence-electron chi connectivity index (χ0n) is 15.8. The fourth-order valence-electron chi connectivity index (χ4n) is 2.67. The minimum absolute atomic E-state index is 0.151. The number of halogens is 1. The molecule has 0 aliphatic rings. The van der Waals surface area contributed by atoms with Gasteiger partial charge in [-0.15, -0.1) is 0 Å². The molecule has 1 aromatic carbocycles. The predicted octanol–water partition coefficient (Wildman–Crippen LogP) is 3.43. The summed E-state index contributed by atoms with van der Waals surface area (Å²) in [6.45, 7) is 7.28.